The van der Waals surface area contributed by atoms with Crippen LogP contribution in [-0.2, 0) is 4.79 Å². The van der Waals surface area contributed by atoms with Gasteiger partial charge >= 0.3 is 0 Å². The molecule has 16 heavy (non-hydrogen) atoms. The van der Waals surface area contributed by atoms with E-state index in [1.165, 1.54) is 0 Å². The highest BCUT2D eigenvalue weighted by molar-refractivity contribution is 6.20. The summed E-state index contributed by atoms with van der Waals surface area (Å²) in [5, 5.41) is 3.22. The van der Waals surface area contributed by atoms with E-state index in [0.29, 0.717) is 0 Å². The number of amides is 1. The molecule has 0 fully saturated rings. The lowest BCUT2D eigenvalue weighted by Gasteiger charge is -2.15. The first-order valence-corrected chi connectivity index (χ1v) is 6.97. The SMILES string of the molecule is CCCC(CCC)C(=O)NCCCC(C)Cl. The van der Waals surface area contributed by atoms with E-state index < -0.39 is 0 Å². The van der Waals surface area contributed by atoms with Crippen LogP contribution < -0.4 is 5.32 Å². The van der Waals surface area contributed by atoms with E-state index in [1.807, 2.05) is 6.92 Å². The van der Waals surface area contributed by atoms with Crippen molar-refractivity contribution in [3.05, 3.63) is 0 Å². The van der Waals surface area contributed by atoms with Crippen LogP contribution in [0.5, 0.6) is 0 Å². The van der Waals surface area contributed by atoms with E-state index in [4.69, 9.17) is 11.6 Å². The van der Waals surface area contributed by atoms with Gasteiger partial charge in [0.25, 0.3) is 0 Å². The van der Waals surface area contributed by atoms with Crippen molar-refractivity contribution in [2.45, 2.75) is 64.7 Å². The summed E-state index contributed by atoms with van der Waals surface area (Å²) in [7, 11) is 0. The molecule has 0 saturated heterocycles. The molecule has 1 N–H and O–H groups in total. The maximum absolute atomic E-state index is 11.8. The van der Waals surface area contributed by atoms with E-state index >= 15 is 0 Å². The highest BCUT2D eigenvalue weighted by Gasteiger charge is 2.15. The molecule has 0 aromatic carbocycles. The maximum Gasteiger partial charge on any atom is 0.223 e. The minimum absolute atomic E-state index is 0.207. The van der Waals surface area contributed by atoms with Crippen molar-refractivity contribution in [2.75, 3.05) is 6.54 Å². The molecule has 1 atom stereocenters. The van der Waals surface area contributed by atoms with Crippen LogP contribution in [0.15, 0.2) is 0 Å². The van der Waals surface area contributed by atoms with Crippen LogP contribution in [0.1, 0.15) is 59.3 Å². The van der Waals surface area contributed by atoms with Gasteiger partial charge in [0, 0.05) is 17.8 Å². The monoisotopic (exact) mass is 247 g/mol. The third-order valence-corrected chi connectivity index (χ3v) is 2.94. The Morgan fingerprint density at radius 2 is 1.75 bits per heavy atom. The zero-order valence-corrected chi connectivity index (χ0v) is 11.6. The number of carbonyl (C=O) groups excluding carboxylic acids is 1. The molecular formula is C13H26ClNO. The minimum Gasteiger partial charge on any atom is -0.356 e. The lowest BCUT2D eigenvalue weighted by Crippen LogP contribution is -2.31. The van der Waals surface area contributed by atoms with Crippen LogP contribution in [0.3, 0.4) is 0 Å². The summed E-state index contributed by atoms with van der Waals surface area (Å²) in [6, 6.07) is 0. The second kappa shape index (κ2) is 9.95. The summed E-state index contributed by atoms with van der Waals surface area (Å²) >= 11 is 5.84. The van der Waals surface area contributed by atoms with Gasteiger partial charge in [-0.3, -0.25) is 4.79 Å². The fraction of sp³-hybridized carbons (Fsp3) is 0.923. The second-order valence-corrected chi connectivity index (χ2v) is 5.23. The van der Waals surface area contributed by atoms with Gasteiger partial charge < -0.3 is 5.32 Å². The van der Waals surface area contributed by atoms with Gasteiger partial charge in [0.1, 0.15) is 0 Å². The van der Waals surface area contributed by atoms with Gasteiger partial charge in [-0.25, -0.2) is 0 Å². The largest absolute Gasteiger partial charge is 0.356 e. The molecule has 3 heteroatoms. The van der Waals surface area contributed by atoms with Crippen molar-refractivity contribution in [2.24, 2.45) is 5.92 Å². The first kappa shape index (κ1) is 15.8. The van der Waals surface area contributed by atoms with Crippen molar-refractivity contribution >= 4 is 17.5 Å². The molecule has 0 aromatic rings. The summed E-state index contributed by atoms with van der Waals surface area (Å²) in [6.07, 6.45) is 6.11. The minimum atomic E-state index is 0.207. The van der Waals surface area contributed by atoms with Crippen molar-refractivity contribution in [3.8, 4) is 0 Å². The Kier molecular flexibility index (Phi) is 9.80. The molecule has 0 spiro atoms. The van der Waals surface area contributed by atoms with Gasteiger partial charge in [0.15, 0.2) is 0 Å². The summed E-state index contributed by atoms with van der Waals surface area (Å²) in [4.78, 5) is 11.8. The average Bonchev–Trinajstić information content (AvgIpc) is 2.23. The molecule has 0 saturated carbocycles. The van der Waals surface area contributed by atoms with Crippen molar-refractivity contribution < 1.29 is 4.79 Å². The predicted molar refractivity (Wildman–Crippen MR) is 70.9 cm³/mol. The zero-order valence-electron chi connectivity index (χ0n) is 10.9. The number of alkyl halides is 1. The van der Waals surface area contributed by atoms with Crippen LogP contribution in [0, 0.1) is 5.92 Å². The van der Waals surface area contributed by atoms with Crippen LogP contribution >= 0.6 is 11.6 Å². The Balaban J connectivity index is 3.73. The fourth-order valence-corrected chi connectivity index (χ4v) is 2.00. The van der Waals surface area contributed by atoms with Crippen molar-refractivity contribution in [3.63, 3.8) is 0 Å². The molecule has 0 aromatic heterocycles. The van der Waals surface area contributed by atoms with Gasteiger partial charge in [-0.05, 0) is 32.6 Å². The second-order valence-electron chi connectivity index (χ2n) is 4.49. The molecule has 0 aliphatic rings. The zero-order chi connectivity index (χ0) is 12.4. The van der Waals surface area contributed by atoms with E-state index in [1.54, 1.807) is 0 Å². The smallest absolute Gasteiger partial charge is 0.223 e. The van der Waals surface area contributed by atoms with Crippen LogP contribution in [-0.4, -0.2) is 17.8 Å². The Labute approximate surface area is 105 Å². The number of carbonyl (C=O) groups is 1. The number of rotatable bonds is 9. The fourth-order valence-electron chi connectivity index (χ4n) is 1.84. The van der Waals surface area contributed by atoms with Crippen LogP contribution in [0.25, 0.3) is 0 Å². The number of hydrogen-bond donors (Lipinski definition) is 1. The van der Waals surface area contributed by atoms with Gasteiger partial charge in [-0.1, -0.05) is 26.7 Å². The molecule has 0 radical (unpaired) electrons. The Bertz CT molecular complexity index is 177. The highest BCUT2D eigenvalue weighted by Crippen LogP contribution is 2.13. The first-order chi connectivity index (χ1) is 7.61. The standard InChI is InChI=1S/C13H26ClNO/c1-4-7-12(8-5-2)13(16)15-10-6-9-11(3)14/h11-12H,4-10H2,1-3H3,(H,15,16). The van der Waals surface area contributed by atoms with Gasteiger partial charge in [0.05, 0.1) is 0 Å². The molecule has 0 heterocycles. The Hall–Kier alpha value is -0.240. The van der Waals surface area contributed by atoms with E-state index in [2.05, 4.69) is 19.2 Å². The van der Waals surface area contributed by atoms with Gasteiger partial charge in [-0.15, -0.1) is 11.6 Å². The van der Waals surface area contributed by atoms with Gasteiger partial charge in [-0.2, -0.15) is 0 Å². The van der Waals surface area contributed by atoms with Crippen LogP contribution in [0.4, 0.5) is 0 Å². The number of halogens is 1. The third-order valence-electron chi connectivity index (χ3n) is 2.72. The maximum atomic E-state index is 11.8. The third kappa shape index (κ3) is 7.98. The lowest BCUT2D eigenvalue weighted by atomic mass is 9.97. The van der Waals surface area contributed by atoms with Gasteiger partial charge in [0.2, 0.25) is 5.91 Å². The van der Waals surface area contributed by atoms with Crippen LogP contribution in [0.2, 0.25) is 0 Å². The number of hydrogen-bond acceptors (Lipinski definition) is 1. The molecule has 0 bridgehead atoms. The molecule has 0 aliphatic carbocycles. The summed E-state index contributed by atoms with van der Waals surface area (Å²) < 4.78 is 0. The molecule has 0 aliphatic heterocycles. The average molecular weight is 248 g/mol. The Morgan fingerprint density at radius 3 is 2.19 bits per heavy atom. The summed E-state index contributed by atoms with van der Waals surface area (Å²) in [6.45, 7) is 7.01. The van der Waals surface area contributed by atoms with E-state index in [9.17, 15) is 4.79 Å². The summed E-state index contributed by atoms with van der Waals surface area (Å²) in [5.74, 6) is 0.439. The normalized spacial score (nSPS) is 12.8. The van der Waals surface area contributed by atoms with Crippen molar-refractivity contribution in [1.29, 1.82) is 0 Å². The van der Waals surface area contributed by atoms with E-state index in [-0.39, 0.29) is 17.2 Å². The highest BCUT2D eigenvalue weighted by atomic mass is 35.5. The van der Waals surface area contributed by atoms with Crippen molar-refractivity contribution in [1.82, 2.24) is 5.32 Å². The number of nitrogens with one attached hydrogen (secondary N) is 1. The Morgan fingerprint density at radius 1 is 1.19 bits per heavy atom. The summed E-state index contributed by atoms with van der Waals surface area (Å²) in [5.41, 5.74) is 0. The molecule has 0 rings (SSSR count). The molecule has 96 valence electrons. The molecular weight excluding hydrogens is 222 g/mol. The molecule has 1 unspecified atom stereocenters. The first-order valence-electron chi connectivity index (χ1n) is 6.53. The quantitative estimate of drug-likeness (QED) is 0.488. The molecule has 1 amide bonds. The lowest BCUT2D eigenvalue weighted by molar-refractivity contribution is -0.125. The molecule has 2 nitrogen and oxygen atoms in total. The van der Waals surface area contributed by atoms with E-state index in [0.717, 1.165) is 45.1 Å². The predicted octanol–water partition coefficient (Wildman–Crippen LogP) is 3.73. The topological polar surface area (TPSA) is 29.1 Å².